The van der Waals surface area contributed by atoms with Gasteiger partial charge in [-0.05, 0) is 46.6 Å². The van der Waals surface area contributed by atoms with Crippen molar-refractivity contribution in [3.63, 3.8) is 0 Å². The van der Waals surface area contributed by atoms with Crippen LogP contribution < -0.4 is 4.74 Å². The first-order valence-corrected chi connectivity index (χ1v) is 7.31. The highest BCUT2D eigenvalue weighted by molar-refractivity contribution is 9.10. The van der Waals surface area contributed by atoms with Crippen molar-refractivity contribution in [3.05, 3.63) is 49.9 Å². The number of rotatable bonds is 3. The fourth-order valence-corrected chi connectivity index (χ4v) is 4.07. The average Bonchev–Trinajstić information content (AvgIpc) is 2.67. The normalized spacial score (nSPS) is 12.5. The quantitative estimate of drug-likeness (QED) is 0.684. The molecule has 0 aliphatic heterocycles. The van der Waals surface area contributed by atoms with Crippen LogP contribution in [0.2, 0.25) is 0 Å². The Bertz CT molecular complexity index is 570. The van der Waals surface area contributed by atoms with Gasteiger partial charge < -0.3 is 4.74 Å². The summed E-state index contributed by atoms with van der Waals surface area (Å²) in [6, 6.07) is 6.79. The number of benzene rings is 1. The Morgan fingerprint density at radius 1 is 1.39 bits per heavy atom. The zero-order valence-corrected chi connectivity index (χ0v) is 13.0. The van der Waals surface area contributed by atoms with Gasteiger partial charge in [0, 0.05) is 14.2 Å². The second-order valence-corrected chi connectivity index (χ2v) is 6.40. The molecule has 0 saturated heterocycles. The summed E-state index contributed by atoms with van der Waals surface area (Å²) in [6.45, 7) is 2.01. The Morgan fingerprint density at radius 3 is 2.61 bits per heavy atom. The fraction of sp³-hybridized carbons (Fsp3) is 0.231. The Hall–Kier alpha value is -0.580. The summed E-state index contributed by atoms with van der Waals surface area (Å²) in [6.07, 6.45) is 0. The Morgan fingerprint density at radius 2 is 2.11 bits per heavy atom. The number of hydrogen-bond donors (Lipinski definition) is 0. The third kappa shape index (κ3) is 2.71. The zero-order chi connectivity index (χ0) is 13.3. The molecule has 1 heterocycles. The molecule has 0 bridgehead atoms. The van der Waals surface area contributed by atoms with Crippen LogP contribution in [0.1, 0.15) is 20.7 Å². The molecule has 0 aliphatic carbocycles. The Kier molecular flexibility index (Phi) is 4.30. The van der Waals surface area contributed by atoms with Crippen molar-refractivity contribution in [3.8, 4) is 5.75 Å². The third-order valence-electron chi connectivity index (χ3n) is 2.54. The van der Waals surface area contributed by atoms with Crippen molar-refractivity contribution in [1.29, 1.82) is 0 Å². The molecule has 5 heteroatoms. The van der Waals surface area contributed by atoms with Crippen LogP contribution in [-0.4, -0.2) is 7.11 Å². The van der Waals surface area contributed by atoms with E-state index < -0.39 is 5.82 Å². The van der Waals surface area contributed by atoms with Crippen LogP contribution in [0.4, 0.5) is 4.39 Å². The molecule has 1 unspecified atom stereocenters. The minimum atomic E-state index is -0.398. The smallest absolute Gasteiger partial charge is 0.165 e. The Balaban J connectivity index is 2.37. The van der Waals surface area contributed by atoms with Crippen molar-refractivity contribution in [2.75, 3.05) is 7.11 Å². The summed E-state index contributed by atoms with van der Waals surface area (Å²) in [5.41, 5.74) is 0.720. The molecule has 0 saturated carbocycles. The first kappa shape index (κ1) is 13.8. The second-order valence-electron chi connectivity index (χ2n) is 3.83. The largest absolute Gasteiger partial charge is 0.494 e. The van der Waals surface area contributed by atoms with Gasteiger partial charge in [-0.15, -0.1) is 22.9 Å². The van der Waals surface area contributed by atoms with E-state index in [0.29, 0.717) is 0 Å². The van der Waals surface area contributed by atoms with Crippen LogP contribution >= 0.6 is 38.9 Å². The van der Waals surface area contributed by atoms with E-state index in [0.717, 1.165) is 19.8 Å². The molecule has 0 radical (unpaired) electrons. The van der Waals surface area contributed by atoms with E-state index >= 15 is 0 Å². The lowest BCUT2D eigenvalue weighted by Crippen LogP contribution is -1.94. The topological polar surface area (TPSA) is 9.23 Å². The van der Waals surface area contributed by atoms with Gasteiger partial charge in [0.25, 0.3) is 0 Å². The molecule has 0 fully saturated rings. The number of thiophene rings is 1. The number of hydrogen-bond acceptors (Lipinski definition) is 2. The van der Waals surface area contributed by atoms with E-state index in [2.05, 4.69) is 15.9 Å². The average molecular weight is 350 g/mol. The van der Waals surface area contributed by atoms with Gasteiger partial charge in [-0.3, -0.25) is 0 Å². The monoisotopic (exact) mass is 348 g/mol. The summed E-state index contributed by atoms with van der Waals surface area (Å²) in [7, 11) is 1.44. The molecule has 1 atom stereocenters. The summed E-state index contributed by atoms with van der Waals surface area (Å²) in [4.78, 5) is 2.15. The standard InChI is InChI=1S/C13H11BrClFOS/c1-7-5-9(14)13(18-7)12(15)8-3-4-11(17-2)10(16)6-8/h3-6,12H,1-2H3. The Labute approximate surface area is 123 Å². The highest BCUT2D eigenvalue weighted by atomic mass is 79.9. The molecule has 18 heavy (non-hydrogen) atoms. The van der Waals surface area contributed by atoms with Crippen molar-refractivity contribution in [1.82, 2.24) is 0 Å². The first-order valence-electron chi connectivity index (χ1n) is 5.26. The van der Waals surface area contributed by atoms with Gasteiger partial charge >= 0.3 is 0 Å². The first-order chi connectivity index (χ1) is 8.52. The van der Waals surface area contributed by atoms with E-state index in [1.54, 1.807) is 23.5 Å². The van der Waals surface area contributed by atoms with Crippen molar-refractivity contribution >= 4 is 38.9 Å². The molecule has 96 valence electrons. The van der Waals surface area contributed by atoms with Crippen LogP contribution in [0.25, 0.3) is 0 Å². The lowest BCUT2D eigenvalue weighted by atomic mass is 10.1. The predicted octanol–water partition coefficient (Wildman–Crippen LogP) is 5.29. The number of methoxy groups -OCH3 is 1. The van der Waals surface area contributed by atoms with Gasteiger partial charge in [0.05, 0.1) is 12.5 Å². The molecule has 0 amide bonds. The van der Waals surface area contributed by atoms with Gasteiger partial charge in [0.2, 0.25) is 0 Å². The van der Waals surface area contributed by atoms with Crippen LogP contribution in [-0.2, 0) is 0 Å². The lowest BCUT2D eigenvalue weighted by molar-refractivity contribution is 0.386. The van der Waals surface area contributed by atoms with Gasteiger partial charge in [-0.25, -0.2) is 4.39 Å². The van der Waals surface area contributed by atoms with Gasteiger partial charge in [0.1, 0.15) is 0 Å². The van der Waals surface area contributed by atoms with Crippen LogP contribution in [0.15, 0.2) is 28.7 Å². The van der Waals surface area contributed by atoms with Crippen molar-refractivity contribution < 1.29 is 9.13 Å². The number of aryl methyl sites for hydroxylation is 1. The SMILES string of the molecule is COc1ccc(C(Cl)c2sc(C)cc2Br)cc1F. The van der Waals surface area contributed by atoms with E-state index in [-0.39, 0.29) is 11.1 Å². The molecular weight excluding hydrogens is 339 g/mol. The fourth-order valence-electron chi connectivity index (χ4n) is 1.67. The van der Waals surface area contributed by atoms with Crippen LogP contribution in [0.3, 0.4) is 0 Å². The highest BCUT2D eigenvalue weighted by Crippen LogP contribution is 2.40. The van der Waals surface area contributed by atoms with Crippen LogP contribution in [0.5, 0.6) is 5.75 Å². The highest BCUT2D eigenvalue weighted by Gasteiger charge is 2.18. The summed E-state index contributed by atoms with van der Waals surface area (Å²) in [5, 5.41) is -0.363. The molecule has 2 rings (SSSR count). The third-order valence-corrected chi connectivity index (χ3v) is 5.17. The molecule has 1 aromatic carbocycles. The van der Waals surface area contributed by atoms with E-state index in [1.807, 2.05) is 13.0 Å². The van der Waals surface area contributed by atoms with Crippen molar-refractivity contribution in [2.24, 2.45) is 0 Å². The van der Waals surface area contributed by atoms with Crippen LogP contribution in [0, 0.1) is 12.7 Å². The van der Waals surface area contributed by atoms with Crippen molar-refractivity contribution in [2.45, 2.75) is 12.3 Å². The minimum Gasteiger partial charge on any atom is -0.494 e. The maximum Gasteiger partial charge on any atom is 0.165 e. The molecule has 1 nitrogen and oxygen atoms in total. The van der Waals surface area contributed by atoms with Gasteiger partial charge in [-0.2, -0.15) is 0 Å². The molecule has 0 aliphatic rings. The summed E-state index contributed by atoms with van der Waals surface area (Å²) < 4.78 is 19.5. The van der Waals surface area contributed by atoms with E-state index in [9.17, 15) is 4.39 Å². The maximum atomic E-state index is 13.6. The molecule has 2 aromatic rings. The molecule has 0 spiro atoms. The van der Waals surface area contributed by atoms with E-state index in [4.69, 9.17) is 16.3 Å². The van der Waals surface area contributed by atoms with Gasteiger partial charge in [-0.1, -0.05) is 6.07 Å². The minimum absolute atomic E-state index is 0.226. The molecule has 0 N–H and O–H groups in total. The lowest BCUT2D eigenvalue weighted by Gasteiger charge is -2.10. The maximum absolute atomic E-state index is 13.6. The molecule has 1 aromatic heterocycles. The summed E-state index contributed by atoms with van der Waals surface area (Å²) >= 11 is 11.5. The predicted molar refractivity (Wildman–Crippen MR) is 77.4 cm³/mol. The summed E-state index contributed by atoms with van der Waals surface area (Å²) in [5.74, 6) is -0.172. The number of ether oxygens (including phenoxy) is 1. The zero-order valence-electron chi connectivity index (χ0n) is 9.84. The van der Waals surface area contributed by atoms with E-state index in [1.165, 1.54) is 13.2 Å². The number of alkyl halides is 1. The second kappa shape index (κ2) is 5.59. The molecular formula is C13H11BrClFOS. The van der Waals surface area contributed by atoms with Gasteiger partial charge in [0.15, 0.2) is 11.6 Å². The number of halogens is 3.